The highest BCUT2D eigenvalue weighted by Crippen LogP contribution is 2.24. The van der Waals surface area contributed by atoms with Gasteiger partial charge >= 0.3 is 0 Å². The Bertz CT molecular complexity index is 1330. The summed E-state index contributed by atoms with van der Waals surface area (Å²) in [6.45, 7) is 8.12. The number of rotatable bonds is 6. The molecule has 4 heteroatoms. The second-order valence-corrected chi connectivity index (χ2v) is 9.50. The molecule has 0 aromatic heterocycles. The van der Waals surface area contributed by atoms with Crippen LogP contribution in [-0.4, -0.2) is 17.8 Å². The van der Waals surface area contributed by atoms with Crippen LogP contribution in [0.1, 0.15) is 49.2 Å². The molecular weight excluding hydrogens is 422 g/mol. The summed E-state index contributed by atoms with van der Waals surface area (Å²) < 4.78 is 5.86. The Kier molecular flexibility index (Phi) is 6.51. The summed E-state index contributed by atoms with van der Waals surface area (Å²) in [5.41, 5.74) is 2.88. The molecule has 0 aliphatic carbocycles. The Morgan fingerprint density at radius 2 is 1.47 bits per heavy atom. The zero-order valence-corrected chi connectivity index (χ0v) is 20.0. The summed E-state index contributed by atoms with van der Waals surface area (Å²) in [6, 6.07) is 28.4. The summed E-state index contributed by atoms with van der Waals surface area (Å²) in [6.07, 6.45) is -0.703. The molecule has 172 valence electrons. The van der Waals surface area contributed by atoms with Crippen molar-refractivity contribution in [1.82, 2.24) is 0 Å². The van der Waals surface area contributed by atoms with E-state index in [4.69, 9.17) is 4.74 Å². The fourth-order valence-corrected chi connectivity index (χ4v) is 3.77. The van der Waals surface area contributed by atoms with Crippen LogP contribution in [0.5, 0.6) is 5.75 Å². The number of anilines is 1. The van der Waals surface area contributed by atoms with Gasteiger partial charge in [-0.15, -0.1) is 0 Å². The fourth-order valence-electron chi connectivity index (χ4n) is 3.77. The summed E-state index contributed by atoms with van der Waals surface area (Å²) in [5, 5.41) is 5.02. The van der Waals surface area contributed by atoms with Crippen LogP contribution in [0.2, 0.25) is 0 Å². The van der Waals surface area contributed by atoms with Gasteiger partial charge in [0, 0.05) is 16.8 Å². The first kappa shape index (κ1) is 23.2. The lowest BCUT2D eigenvalue weighted by molar-refractivity contribution is -0.122. The van der Waals surface area contributed by atoms with Crippen LogP contribution in [0.3, 0.4) is 0 Å². The number of fused-ring (bicyclic) bond motifs is 1. The number of carbonyl (C=O) groups is 2. The predicted octanol–water partition coefficient (Wildman–Crippen LogP) is 6.77. The average molecular weight is 452 g/mol. The molecule has 34 heavy (non-hydrogen) atoms. The van der Waals surface area contributed by atoms with Gasteiger partial charge < -0.3 is 10.1 Å². The normalized spacial score (nSPS) is 12.2. The molecule has 1 N–H and O–H groups in total. The molecule has 0 radical (unpaired) electrons. The van der Waals surface area contributed by atoms with Gasteiger partial charge in [-0.3, -0.25) is 9.59 Å². The Balaban J connectivity index is 1.43. The monoisotopic (exact) mass is 451 g/mol. The Morgan fingerprint density at radius 1 is 0.765 bits per heavy atom. The molecule has 0 saturated carbocycles. The van der Waals surface area contributed by atoms with E-state index in [9.17, 15) is 9.59 Å². The largest absolute Gasteiger partial charge is 0.481 e. The number of amides is 1. The van der Waals surface area contributed by atoms with E-state index >= 15 is 0 Å². The number of carbonyl (C=O) groups excluding carboxylic acids is 2. The van der Waals surface area contributed by atoms with Crippen molar-refractivity contribution in [2.24, 2.45) is 0 Å². The third kappa shape index (κ3) is 5.34. The first-order chi connectivity index (χ1) is 16.2. The van der Waals surface area contributed by atoms with Gasteiger partial charge in [0.25, 0.3) is 5.91 Å². The molecule has 4 rings (SSSR count). The fraction of sp³-hybridized carbons (Fsp3) is 0.200. The first-order valence-electron chi connectivity index (χ1n) is 11.4. The van der Waals surface area contributed by atoms with Crippen LogP contribution in [0, 0.1) is 0 Å². The number of benzene rings is 4. The zero-order chi connectivity index (χ0) is 24.3. The molecule has 0 spiro atoms. The van der Waals surface area contributed by atoms with Gasteiger partial charge in [-0.2, -0.15) is 0 Å². The quantitative estimate of drug-likeness (QED) is 0.329. The van der Waals surface area contributed by atoms with Crippen molar-refractivity contribution < 1.29 is 14.3 Å². The highest BCUT2D eigenvalue weighted by molar-refractivity contribution is 6.09. The Morgan fingerprint density at radius 3 is 2.18 bits per heavy atom. The van der Waals surface area contributed by atoms with E-state index in [0.717, 1.165) is 10.8 Å². The van der Waals surface area contributed by atoms with E-state index in [0.29, 0.717) is 22.6 Å². The number of hydrogen-bond donors (Lipinski definition) is 1. The van der Waals surface area contributed by atoms with E-state index in [1.807, 2.05) is 66.7 Å². The van der Waals surface area contributed by atoms with E-state index < -0.39 is 6.10 Å². The third-order valence-corrected chi connectivity index (χ3v) is 5.81. The first-order valence-corrected chi connectivity index (χ1v) is 11.4. The lowest BCUT2D eigenvalue weighted by Gasteiger charge is -2.19. The number of nitrogens with one attached hydrogen (secondary N) is 1. The number of ketones is 1. The molecule has 4 aromatic rings. The van der Waals surface area contributed by atoms with Gasteiger partial charge in [0.2, 0.25) is 0 Å². The minimum atomic E-state index is -0.703. The van der Waals surface area contributed by atoms with Crippen molar-refractivity contribution in [3.63, 3.8) is 0 Å². The predicted molar refractivity (Wildman–Crippen MR) is 138 cm³/mol. The Hall–Kier alpha value is -3.92. The van der Waals surface area contributed by atoms with E-state index in [-0.39, 0.29) is 17.1 Å². The van der Waals surface area contributed by atoms with Crippen LogP contribution in [0.15, 0.2) is 91.0 Å². The zero-order valence-electron chi connectivity index (χ0n) is 20.0. The molecule has 0 heterocycles. The van der Waals surface area contributed by atoms with Gasteiger partial charge in [0.15, 0.2) is 11.9 Å². The molecule has 0 aliphatic heterocycles. The van der Waals surface area contributed by atoms with Crippen molar-refractivity contribution in [3.05, 3.63) is 108 Å². The maximum absolute atomic E-state index is 13.0. The highest BCUT2D eigenvalue weighted by atomic mass is 16.5. The smallest absolute Gasteiger partial charge is 0.265 e. The molecular formula is C30H29NO3. The van der Waals surface area contributed by atoms with Crippen molar-refractivity contribution in [1.29, 1.82) is 0 Å². The van der Waals surface area contributed by atoms with Crippen molar-refractivity contribution in [3.8, 4) is 5.75 Å². The molecule has 0 bridgehead atoms. The highest BCUT2D eigenvalue weighted by Gasteiger charge is 2.18. The van der Waals surface area contributed by atoms with Crippen LogP contribution in [0.4, 0.5) is 5.69 Å². The Labute approximate surface area is 200 Å². The van der Waals surface area contributed by atoms with Crippen molar-refractivity contribution >= 4 is 28.2 Å². The maximum atomic E-state index is 13.0. The second kappa shape index (κ2) is 9.52. The number of ether oxygens (including phenoxy) is 1. The van der Waals surface area contributed by atoms with Crippen LogP contribution in [-0.2, 0) is 10.2 Å². The lowest BCUT2D eigenvalue weighted by Crippen LogP contribution is -2.30. The summed E-state index contributed by atoms with van der Waals surface area (Å²) in [4.78, 5) is 25.7. The van der Waals surface area contributed by atoms with E-state index in [1.54, 1.807) is 31.2 Å². The van der Waals surface area contributed by atoms with Crippen molar-refractivity contribution in [2.75, 3.05) is 5.32 Å². The van der Waals surface area contributed by atoms with Crippen LogP contribution < -0.4 is 10.1 Å². The molecule has 4 aromatic carbocycles. The SMILES string of the molecule is C[C@H](Oc1ccc2ccccc2c1)C(=O)Nc1cccc(C(=O)c2ccc(C(C)(C)C)cc2)c1. The van der Waals surface area contributed by atoms with Gasteiger partial charge in [-0.05, 0) is 52.9 Å². The minimum Gasteiger partial charge on any atom is -0.481 e. The van der Waals surface area contributed by atoms with E-state index in [1.165, 1.54) is 5.56 Å². The van der Waals surface area contributed by atoms with Crippen LogP contribution >= 0.6 is 0 Å². The van der Waals surface area contributed by atoms with Gasteiger partial charge in [0.05, 0.1) is 0 Å². The summed E-state index contributed by atoms with van der Waals surface area (Å²) in [7, 11) is 0. The molecule has 0 saturated heterocycles. The molecule has 0 aliphatic rings. The van der Waals surface area contributed by atoms with Crippen molar-refractivity contribution in [2.45, 2.75) is 39.2 Å². The molecule has 4 nitrogen and oxygen atoms in total. The lowest BCUT2D eigenvalue weighted by atomic mass is 9.86. The minimum absolute atomic E-state index is 0.0252. The van der Waals surface area contributed by atoms with E-state index in [2.05, 4.69) is 26.1 Å². The molecule has 0 fully saturated rings. The van der Waals surface area contributed by atoms with Gasteiger partial charge in [0.1, 0.15) is 5.75 Å². The second-order valence-electron chi connectivity index (χ2n) is 9.50. The molecule has 0 unspecified atom stereocenters. The topological polar surface area (TPSA) is 55.4 Å². The van der Waals surface area contributed by atoms with Crippen LogP contribution in [0.25, 0.3) is 10.8 Å². The maximum Gasteiger partial charge on any atom is 0.265 e. The van der Waals surface area contributed by atoms with Gasteiger partial charge in [-0.1, -0.05) is 87.5 Å². The third-order valence-electron chi connectivity index (χ3n) is 5.81. The molecule has 1 amide bonds. The van der Waals surface area contributed by atoms with Gasteiger partial charge in [-0.25, -0.2) is 0 Å². The standard InChI is InChI=1S/C30H29NO3/c1-20(34-27-17-14-21-8-5-6-9-23(21)19-27)29(33)31-26-11-7-10-24(18-26)28(32)22-12-15-25(16-13-22)30(2,3)4/h5-20H,1-4H3,(H,31,33)/t20-/m0/s1. The average Bonchev–Trinajstić information content (AvgIpc) is 2.83. The number of hydrogen-bond acceptors (Lipinski definition) is 3. The summed E-state index contributed by atoms with van der Waals surface area (Å²) in [5.74, 6) is 0.258. The molecule has 1 atom stereocenters. The summed E-state index contributed by atoms with van der Waals surface area (Å²) >= 11 is 0.